The van der Waals surface area contributed by atoms with Crippen LogP contribution < -0.4 is 15.5 Å². The minimum atomic E-state index is -0.661. The molecule has 0 spiro atoms. The van der Waals surface area contributed by atoms with Crippen LogP contribution in [0, 0.1) is 6.92 Å². The van der Waals surface area contributed by atoms with E-state index in [1.54, 1.807) is 6.20 Å². The molecular weight excluding hydrogens is 370 g/mol. The van der Waals surface area contributed by atoms with Crippen molar-refractivity contribution in [1.82, 2.24) is 15.5 Å². The van der Waals surface area contributed by atoms with E-state index in [0.29, 0.717) is 12.2 Å². The van der Waals surface area contributed by atoms with E-state index in [1.165, 1.54) is 0 Å². The van der Waals surface area contributed by atoms with Gasteiger partial charge in [-0.05, 0) is 63.4 Å². The number of aromatic amines is 1. The fourth-order valence-corrected chi connectivity index (χ4v) is 3.52. The Hall–Kier alpha value is -2.87. The second-order valence-corrected chi connectivity index (χ2v) is 7.54. The van der Waals surface area contributed by atoms with Crippen LogP contribution in [0.5, 0.6) is 0 Å². The summed E-state index contributed by atoms with van der Waals surface area (Å²) in [4.78, 5) is 26.4. The average Bonchev–Trinajstić information content (AvgIpc) is 3.09. The normalized spacial score (nSPS) is 19.1. The third kappa shape index (κ3) is 5.80. The monoisotopic (exact) mass is 399 g/mol. The number of hydrogen-bond acceptors (Lipinski definition) is 5. The predicted octanol–water partition coefficient (Wildman–Crippen LogP) is 2.02. The number of anilines is 2. The lowest BCUT2D eigenvalue weighted by Crippen LogP contribution is -2.45. The molecule has 2 atom stereocenters. The average molecular weight is 399 g/mol. The number of carbonyl (C=O) groups is 2. The number of nitrogens with zero attached hydrogens (tertiary/aromatic N) is 2. The first-order valence-corrected chi connectivity index (χ1v) is 10.0. The number of H-pyrrole nitrogens is 1. The van der Waals surface area contributed by atoms with Crippen LogP contribution in [0.4, 0.5) is 11.4 Å². The molecule has 1 fully saturated rings. The highest BCUT2D eigenvalue weighted by Crippen LogP contribution is 2.22. The molecule has 2 heterocycles. The van der Waals surface area contributed by atoms with Crippen LogP contribution in [-0.2, 0) is 20.7 Å². The molecule has 1 aromatic heterocycles. The maximum atomic E-state index is 12.1. The van der Waals surface area contributed by atoms with Gasteiger partial charge in [0, 0.05) is 36.7 Å². The summed E-state index contributed by atoms with van der Waals surface area (Å²) in [5.41, 5.74) is 3.81. The molecule has 2 amide bonds. The predicted molar refractivity (Wildman–Crippen MR) is 112 cm³/mol. The molecule has 29 heavy (non-hydrogen) atoms. The first kappa shape index (κ1) is 20.9. The molecule has 0 unspecified atom stereocenters. The lowest BCUT2D eigenvalue weighted by atomic mass is 10.1. The Morgan fingerprint density at radius 2 is 1.86 bits per heavy atom. The zero-order chi connectivity index (χ0) is 20.8. The zero-order valence-corrected chi connectivity index (χ0v) is 17.2. The molecule has 3 rings (SSSR count). The highest BCUT2D eigenvalue weighted by atomic mass is 16.5. The van der Waals surface area contributed by atoms with E-state index in [9.17, 15) is 9.59 Å². The second-order valence-electron chi connectivity index (χ2n) is 7.54. The highest BCUT2D eigenvalue weighted by molar-refractivity contribution is 6.39. The Labute approximate surface area is 171 Å². The maximum Gasteiger partial charge on any atom is 0.313 e. The van der Waals surface area contributed by atoms with E-state index in [-0.39, 0.29) is 12.2 Å². The first-order valence-electron chi connectivity index (χ1n) is 10.0. The molecule has 8 nitrogen and oxygen atoms in total. The van der Waals surface area contributed by atoms with E-state index in [2.05, 4.69) is 39.6 Å². The SMILES string of the molecule is Cc1[nH]ncc1CCCNC(=O)C(=O)Nc1ccc(N2C[C@@H](C)O[C@@H](C)C2)cc1. The van der Waals surface area contributed by atoms with Gasteiger partial charge in [-0.15, -0.1) is 0 Å². The van der Waals surface area contributed by atoms with E-state index in [4.69, 9.17) is 4.74 Å². The molecule has 3 N–H and O–H groups in total. The Morgan fingerprint density at radius 3 is 2.48 bits per heavy atom. The summed E-state index contributed by atoms with van der Waals surface area (Å²) >= 11 is 0. The summed E-state index contributed by atoms with van der Waals surface area (Å²) < 4.78 is 5.76. The largest absolute Gasteiger partial charge is 0.372 e. The van der Waals surface area contributed by atoms with Crippen LogP contribution in [0.25, 0.3) is 0 Å². The topological polar surface area (TPSA) is 99.3 Å². The summed E-state index contributed by atoms with van der Waals surface area (Å²) in [5.74, 6) is -1.29. The third-order valence-corrected chi connectivity index (χ3v) is 4.96. The molecule has 0 saturated carbocycles. The van der Waals surface area contributed by atoms with Gasteiger partial charge >= 0.3 is 11.8 Å². The molecule has 1 aliphatic rings. The Bertz CT molecular complexity index is 823. The number of nitrogens with one attached hydrogen (secondary N) is 3. The number of hydrogen-bond donors (Lipinski definition) is 3. The lowest BCUT2D eigenvalue weighted by Gasteiger charge is -2.36. The molecular formula is C21H29N5O3. The van der Waals surface area contributed by atoms with Gasteiger partial charge in [0.2, 0.25) is 0 Å². The summed E-state index contributed by atoms with van der Waals surface area (Å²) in [6, 6.07) is 7.52. The first-order chi connectivity index (χ1) is 13.9. The van der Waals surface area contributed by atoms with Crippen molar-refractivity contribution in [2.24, 2.45) is 0 Å². The van der Waals surface area contributed by atoms with Crippen LogP contribution >= 0.6 is 0 Å². The molecule has 0 aliphatic carbocycles. The molecule has 2 aromatic rings. The minimum absolute atomic E-state index is 0.180. The fourth-order valence-electron chi connectivity index (χ4n) is 3.52. The summed E-state index contributed by atoms with van der Waals surface area (Å²) in [7, 11) is 0. The van der Waals surface area contributed by atoms with Crippen LogP contribution in [-0.4, -0.2) is 53.9 Å². The van der Waals surface area contributed by atoms with Crippen LogP contribution in [0.1, 0.15) is 31.5 Å². The number of aryl methyl sites for hydroxylation is 2. The number of benzene rings is 1. The van der Waals surface area contributed by atoms with Gasteiger partial charge in [-0.3, -0.25) is 14.7 Å². The number of amides is 2. The van der Waals surface area contributed by atoms with Crippen molar-refractivity contribution in [2.75, 3.05) is 29.9 Å². The number of aromatic nitrogens is 2. The molecule has 1 aliphatic heterocycles. The van der Waals surface area contributed by atoms with Gasteiger partial charge in [0.25, 0.3) is 0 Å². The molecule has 0 radical (unpaired) electrons. The van der Waals surface area contributed by atoms with Crippen molar-refractivity contribution in [3.8, 4) is 0 Å². The Balaban J connectivity index is 1.43. The van der Waals surface area contributed by atoms with Crippen LogP contribution in [0.2, 0.25) is 0 Å². The number of ether oxygens (including phenoxy) is 1. The summed E-state index contributed by atoms with van der Waals surface area (Å²) in [6.07, 6.45) is 3.68. The zero-order valence-electron chi connectivity index (χ0n) is 17.2. The molecule has 8 heteroatoms. The van der Waals surface area contributed by atoms with Gasteiger partial charge in [-0.2, -0.15) is 5.10 Å². The van der Waals surface area contributed by atoms with E-state index in [0.717, 1.165) is 42.9 Å². The number of morpholine rings is 1. The molecule has 0 bridgehead atoms. The minimum Gasteiger partial charge on any atom is -0.372 e. The number of carbonyl (C=O) groups excluding carboxylic acids is 2. The van der Waals surface area contributed by atoms with Gasteiger partial charge < -0.3 is 20.3 Å². The van der Waals surface area contributed by atoms with Crippen LogP contribution in [0.3, 0.4) is 0 Å². The second kappa shape index (κ2) is 9.56. The summed E-state index contributed by atoms with van der Waals surface area (Å²) in [6.45, 7) is 8.18. The molecule has 156 valence electrons. The van der Waals surface area contributed by atoms with Crippen molar-refractivity contribution in [1.29, 1.82) is 0 Å². The van der Waals surface area contributed by atoms with E-state index in [1.807, 2.05) is 31.2 Å². The molecule has 1 saturated heterocycles. The van der Waals surface area contributed by atoms with Gasteiger partial charge in [-0.1, -0.05) is 0 Å². The third-order valence-electron chi connectivity index (χ3n) is 4.96. The lowest BCUT2D eigenvalue weighted by molar-refractivity contribution is -0.136. The van der Waals surface area contributed by atoms with Crippen molar-refractivity contribution in [3.63, 3.8) is 0 Å². The fraction of sp³-hybridized carbons (Fsp3) is 0.476. The van der Waals surface area contributed by atoms with Crippen molar-refractivity contribution in [2.45, 2.75) is 45.8 Å². The number of rotatable bonds is 6. The van der Waals surface area contributed by atoms with Gasteiger partial charge in [0.15, 0.2) is 0 Å². The van der Waals surface area contributed by atoms with Crippen molar-refractivity contribution < 1.29 is 14.3 Å². The quantitative estimate of drug-likeness (QED) is 0.510. The van der Waals surface area contributed by atoms with Crippen LogP contribution in [0.15, 0.2) is 30.5 Å². The maximum absolute atomic E-state index is 12.1. The standard InChI is InChI=1S/C21H29N5O3/c1-14-12-26(13-15(2)29-14)19-8-6-18(7-9-19)24-21(28)20(27)22-10-4-5-17-11-23-25-16(17)3/h6-9,11,14-15H,4-5,10,12-13H2,1-3H3,(H,22,27)(H,23,25)(H,24,28)/t14-,15+. The summed E-state index contributed by atoms with van der Waals surface area (Å²) in [5, 5.41) is 12.1. The van der Waals surface area contributed by atoms with Gasteiger partial charge in [0.05, 0.1) is 18.4 Å². The van der Waals surface area contributed by atoms with Crippen molar-refractivity contribution >= 4 is 23.2 Å². The molecule has 1 aromatic carbocycles. The van der Waals surface area contributed by atoms with E-state index < -0.39 is 11.8 Å². The van der Waals surface area contributed by atoms with Gasteiger partial charge in [0.1, 0.15) is 0 Å². The Morgan fingerprint density at radius 1 is 1.17 bits per heavy atom. The highest BCUT2D eigenvalue weighted by Gasteiger charge is 2.22. The van der Waals surface area contributed by atoms with Crippen molar-refractivity contribution in [3.05, 3.63) is 41.7 Å². The smallest absolute Gasteiger partial charge is 0.313 e. The van der Waals surface area contributed by atoms with E-state index >= 15 is 0 Å². The van der Waals surface area contributed by atoms with Gasteiger partial charge in [-0.25, -0.2) is 0 Å². The Kier molecular flexibility index (Phi) is 6.87.